The van der Waals surface area contributed by atoms with E-state index >= 15 is 0 Å². The third-order valence-electron chi connectivity index (χ3n) is 4.17. The summed E-state index contributed by atoms with van der Waals surface area (Å²) >= 11 is 0. The number of aromatic nitrogens is 2. The van der Waals surface area contributed by atoms with Crippen LogP contribution in [0.15, 0.2) is 12.4 Å². The van der Waals surface area contributed by atoms with Crippen LogP contribution in [0.25, 0.3) is 0 Å². The summed E-state index contributed by atoms with van der Waals surface area (Å²) in [6.45, 7) is 2.31. The molecule has 2 heterocycles. The fourth-order valence-electron chi connectivity index (χ4n) is 3.29. The zero-order chi connectivity index (χ0) is 11.1. The first-order chi connectivity index (χ1) is 7.74. The standard InChI is InChI=1S/C12H20N4/c1-15-5-4-14-12(15)16-7-9-2-3-11(13)6-10(9)8-16/h4-5,9-11H,2-3,6-8,13H2,1H3/t9-,10+,11?/m1/s1. The van der Waals surface area contributed by atoms with Gasteiger partial charge in [0.1, 0.15) is 0 Å². The van der Waals surface area contributed by atoms with Gasteiger partial charge in [0.05, 0.1) is 0 Å². The molecule has 4 nitrogen and oxygen atoms in total. The molecule has 16 heavy (non-hydrogen) atoms. The van der Waals surface area contributed by atoms with Crippen molar-refractivity contribution in [1.82, 2.24) is 9.55 Å². The Balaban J connectivity index is 1.75. The van der Waals surface area contributed by atoms with Crippen molar-refractivity contribution in [3.63, 3.8) is 0 Å². The van der Waals surface area contributed by atoms with Gasteiger partial charge in [0, 0.05) is 38.6 Å². The van der Waals surface area contributed by atoms with Crippen molar-refractivity contribution in [1.29, 1.82) is 0 Å². The molecule has 0 radical (unpaired) electrons. The number of rotatable bonds is 1. The number of nitrogens with two attached hydrogens (primary N) is 1. The summed E-state index contributed by atoms with van der Waals surface area (Å²) in [7, 11) is 2.07. The Morgan fingerprint density at radius 2 is 2.12 bits per heavy atom. The van der Waals surface area contributed by atoms with Gasteiger partial charge in [-0.15, -0.1) is 0 Å². The number of aryl methyl sites for hydroxylation is 1. The first-order valence-corrected chi connectivity index (χ1v) is 6.22. The third-order valence-corrected chi connectivity index (χ3v) is 4.17. The van der Waals surface area contributed by atoms with Gasteiger partial charge in [-0.05, 0) is 31.1 Å². The number of nitrogens with zero attached hydrogens (tertiary/aromatic N) is 3. The smallest absolute Gasteiger partial charge is 0.205 e. The van der Waals surface area contributed by atoms with Crippen LogP contribution >= 0.6 is 0 Å². The first-order valence-electron chi connectivity index (χ1n) is 6.22. The lowest BCUT2D eigenvalue weighted by atomic mass is 9.79. The van der Waals surface area contributed by atoms with Crippen molar-refractivity contribution in [3.8, 4) is 0 Å². The molecule has 2 N–H and O–H groups in total. The number of imidazole rings is 1. The molecule has 1 aromatic rings. The second-order valence-electron chi connectivity index (χ2n) is 5.34. The highest BCUT2D eigenvalue weighted by Gasteiger charge is 2.37. The molecule has 4 heteroatoms. The van der Waals surface area contributed by atoms with Crippen LogP contribution in [0.3, 0.4) is 0 Å². The monoisotopic (exact) mass is 220 g/mol. The van der Waals surface area contributed by atoms with Crippen LogP contribution in [-0.2, 0) is 7.05 Å². The van der Waals surface area contributed by atoms with Crippen LogP contribution in [-0.4, -0.2) is 28.7 Å². The second kappa shape index (κ2) is 3.77. The molecule has 88 valence electrons. The van der Waals surface area contributed by atoms with E-state index in [1.54, 1.807) is 0 Å². The molecule has 1 aliphatic carbocycles. The highest BCUT2D eigenvalue weighted by atomic mass is 15.3. The minimum Gasteiger partial charge on any atom is -0.342 e. The lowest BCUT2D eigenvalue weighted by Crippen LogP contribution is -2.32. The SMILES string of the molecule is Cn1ccnc1N1C[C@H]2CCC(N)C[C@H]2C1. The highest BCUT2D eigenvalue weighted by molar-refractivity contribution is 5.33. The molecule has 1 saturated heterocycles. The van der Waals surface area contributed by atoms with Crippen LogP contribution in [0.1, 0.15) is 19.3 Å². The van der Waals surface area contributed by atoms with E-state index < -0.39 is 0 Å². The van der Waals surface area contributed by atoms with E-state index in [0.717, 1.165) is 24.3 Å². The molecule has 2 aliphatic rings. The lowest BCUT2D eigenvalue weighted by Gasteiger charge is -2.27. The molecular formula is C12H20N4. The predicted octanol–water partition coefficient (Wildman–Crippen LogP) is 0.984. The van der Waals surface area contributed by atoms with E-state index in [0.29, 0.717) is 6.04 Å². The Kier molecular flexibility index (Phi) is 2.39. The van der Waals surface area contributed by atoms with Gasteiger partial charge in [-0.2, -0.15) is 0 Å². The van der Waals surface area contributed by atoms with Crippen molar-refractivity contribution in [2.24, 2.45) is 24.6 Å². The van der Waals surface area contributed by atoms with Gasteiger partial charge in [-0.3, -0.25) is 0 Å². The zero-order valence-corrected chi connectivity index (χ0v) is 9.84. The van der Waals surface area contributed by atoms with Gasteiger partial charge in [0.25, 0.3) is 0 Å². The number of hydrogen-bond acceptors (Lipinski definition) is 3. The minimum absolute atomic E-state index is 0.433. The van der Waals surface area contributed by atoms with Crippen LogP contribution < -0.4 is 10.6 Å². The molecule has 1 saturated carbocycles. The van der Waals surface area contributed by atoms with E-state index in [4.69, 9.17) is 5.73 Å². The normalized spacial score (nSPS) is 34.1. The van der Waals surface area contributed by atoms with Crippen LogP contribution in [0.5, 0.6) is 0 Å². The molecule has 3 atom stereocenters. The molecule has 0 spiro atoms. The Labute approximate surface area is 96.4 Å². The maximum atomic E-state index is 6.05. The Hall–Kier alpha value is -1.03. The van der Waals surface area contributed by atoms with Crippen molar-refractivity contribution >= 4 is 5.95 Å². The molecule has 0 aromatic carbocycles. The van der Waals surface area contributed by atoms with Crippen molar-refractivity contribution in [2.45, 2.75) is 25.3 Å². The lowest BCUT2D eigenvalue weighted by molar-refractivity contribution is 0.271. The van der Waals surface area contributed by atoms with E-state index in [2.05, 4.69) is 21.5 Å². The van der Waals surface area contributed by atoms with Crippen molar-refractivity contribution < 1.29 is 0 Å². The maximum absolute atomic E-state index is 6.05. The van der Waals surface area contributed by atoms with Gasteiger partial charge < -0.3 is 15.2 Å². The van der Waals surface area contributed by atoms with Crippen molar-refractivity contribution in [2.75, 3.05) is 18.0 Å². The van der Waals surface area contributed by atoms with Crippen molar-refractivity contribution in [3.05, 3.63) is 12.4 Å². The average molecular weight is 220 g/mol. The van der Waals surface area contributed by atoms with Gasteiger partial charge in [0.15, 0.2) is 0 Å². The molecule has 0 amide bonds. The minimum atomic E-state index is 0.433. The molecule has 0 bridgehead atoms. The Bertz CT molecular complexity index is 373. The maximum Gasteiger partial charge on any atom is 0.205 e. The van der Waals surface area contributed by atoms with Crippen LogP contribution in [0.2, 0.25) is 0 Å². The molecule has 2 fully saturated rings. The third kappa shape index (κ3) is 1.61. The number of anilines is 1. The summed E-state index contributed by atoms with van der Waals surface area (Å²) in [4.78, 5) is 6.86. The summed E-state index contributed by atoms with van der Waals surface area (Å²) in [5.41, 5.74) is 6.05. The summed E-state index contributed by atoms with van der Waals surface area (Å²) < 4.78 is 2.11. The van der Waals surface area contributed by atoms with Crippen LogP contribution in [0.4, 0.5) is 5.95 Å². The second-order valence-corrected chi connectivity index (χ2v) is 5.34. The summed E-state index contributed by atoms with van der Waals surface area (Å²) in [5, 5.41) is 0. The summed E-state index contributed by atoms with van der Waals surface area (Å²) in [6.07, 6.45) is 7.60. The summed E-state index contributed by atoms with van der Waals surface area (Å²) in [5.74, 6) is 2.75. The molecule has 1 aromatic heterocycles. The predicted molar refractivity (Wildman–Crippen MR) is 64.2 cm³/mol. The van der Waals surface area contributed by atoms with E-state index in [1.165, 1.54) is 25.8 Å². The fraction of sp³-hybridized carbons (Fsp3) is 0.750. The molecular weight excluding hydrogens is 200 g/mol. The van der Waals surface area contributed by atoms with Crippen LogP contribution in [0, 0.1) is 11.8 Å². The molecule has 1 unspecified atom stereocenters. The average Bonchev–Trinajstić information content (AvgIpc) is 2.82. The number of fused-ring (bicyclic) bond motifs is 1. The molecule has 1 aliphatic heterocycles. The Morgan fingerprint density at radius 3 is 2.88 bits per heavy atom. The highest BCUT2D eigenvalue weighted by Crippen LogP contribution is 2.36. The first kappa shape index (κ1) is 10.1. The zero-order valence-electron chi connectivity index (χ0n) is 9.84. The van der Waals surface area contributed by atoms with E-state index in [1.807, 2.05) is 12.4 Å². The van der Waals surface area contributed by atoms with Gasteiger partial charge in [0.2, 0.25) is 5.95 Å². The van der Waals surface area contributed by atoms with E-state index in [9.17, 15) is 0 Å². The Morgan fingerprint density at radius 1 is 1.31 bits per heavy atom. The topological polar surface area (TPSA) is 47.1 Å². The fourth-order valence-corrected chi connectivity index (χ4v) is 3.29. The number of hydrogen-bond donors (Lipinski definition) is 1. The molecule has 3 rings (SSSR count). The van der Waals surface area contributed by atoms with Gasteiger partial charge in [-0.1, -0.05) is 0 Å². The largest absolute Gasteiger partial charge is 0.342 e. The van der Waals surface area contributed by atoms with Gasteiger partial charge >= 0.3 is 0 Å². The van der Waals surface area contributed by atoms with E-state index in [-0.39, 0.29) is 0 Å². The summed E-state index contributed by atoms with van der Waals surface area (Å²) in [6, 6.07) is 0.433. The van der Waals surface area contributed by atoms with Gasteiger partial charge in [-0.25, -0.2) is 4.98 Å². The quantitative estimate of drug-likeness (QED) is 0.767.